The van der Waals surface area contributed by atoms with Crippen LogP contribution in [-0.2, 0) is 4.79 Å². The summed E-state index contributed by atoms with van der Waals surface area (Å²) in [6.45, 7) is 5.67. The van der Waals surface area contributed by atoms with E-state index in [1.807, 2.05) is 20.8 Å². The monoisotopic (exact) mass is 186 g/mol. The fraction of sp³-hybridized carbons (Fsp3) is 0.900. The van der Waals surface area contributed by atoms with Crippen LogP contribution in [0.4, 0.5) is 0 Å². The first kappa shape index (κ1) is 10.5. The Kier molecular flexibility index (Phi) is 2.66. The molecule has 76 valence electrons. The highest BCUT2D eigenvalue weighted by atomic mass is 16.4. The highest BCUT2D eigenvalue weighted by Gasteiger charge is 2.51. The summed E-state index contributed by atoms with van der Waals surface area (Å²) in [5, 5.41) is 19.2. The van der Waals surface area contributed by atoms with Gasteiger partial charge in [-0.3, -0.25) is 4.79 Å². The molecule has 1 aliphatic carbocycles. The van der Waals surface area contributed by atoms with Gasteiger partial charge in [0.05, 0.1) is 11.5 Å². The highest BCUT2D eigenvalue weighted by molar-refractivity contribution is 5.72. The van der Waals surface area contributed by atoms with Crippen LogP contribution in [0.1, 0.15) is 33.6 Å². The van der Waals surface area contributed by atoms with E-state index in [1.165, 1.54) is 0 Å². The molecule has 0 heterocycles. The minimum Gasteiger partial charge on any atom is -0.481 e. The van der Waals surface area contributed by atoms with Crippen LogP contribution in [-0.4, -0.2) is 21.8 Å². The zero-order valence-corrected chi connectivity index (χ0v) is 8.45. The van der Waals surface area contributed by atoms with E-state index in [0.29, 0.717) is 6.42 Å². The maximum absolute atomic E-state index is 11.0. The number of aliphatic carboxylic acids is 1. The number of hydrogen-bond acceptors (Lipinski definition) is 2. The molecule has 0 aromatic heterocycles. The molecule has 0 saturated heterocycles. The fourth-order valence-corrected chi connectivity index (χ4v) is 2.38. The van der Waals surface area contributed by atoms with Gasteiger partial charge < -0.3 is 10.2 Å². The lowest BCUT2D eigenvalue weighted by atomic mass is 9.79. The summed E-state index contributed by atoms with van der Waals surface area (Å²) in [4.78, 5) is 11.0. The van der Waals surface area contributed by atoms with Crippen LogP contribution >= 0.6 is 0 Å². The summed E-state index contributed by atoms with van der Waals surface area (Å²) in [6, 6.07) is 0. The largest absolute Gasteiger partial charge is 0.481 e. The molecule has 0 aromatic carbocycles. The van der Waals surface area contributed by atoms with E-state index in [1.54, 1.807) is 0 Å². The average molecular weight is 186 g/mol. The van der Waals surface area contributed by atoms with Crippen LogP contribution in [0, 0.1) is 17.8 Å². The van der Waals surface area contributed by atoms with Gasteiger partial charge in [0.25, 0.3) is 0 Å². The standard InChI is InChI=1S/C10H18O3/c1-6(2)10(13)5-4-7(3)8(10)9(11)12/h6-8,13H,4-5H2,1-3H3,(H,11,12)/t7-,8-,10-/m1/s1. The quantitative estimate of drug-likeness (QED) is 0.687. The molecule has 0 unspecified atom stereocenters. The molecule has 1 rings (SSSR count). The Morgan fingerprint density at radius 2 is 2.08 bits per heavy atom. The Balaban J connectivity index is 2.92. The van der Waals surface area contributed by atoms with Gasteiger partial charge in [-0.1, -0.05) is 20.8 Å². The van der Waals surface area contributed by atoms with Gasteiger partial charge in [0.1, 0.15) is 0 Å². The molecule has 0 amide bonds. The summed E-state index contributed by atoms with van der Waals surface area (Å²) in [5.74, 6) is -1.35. The summed E-state index contributed by atoms with van der Waals surface area (Å²) in [5.41, 5.74) is -0.995. The molecule has 13 heavy (non-hydrogen) atoms. The first-order valence-electron chi connectivity index (χ1n) is 4.84. The molecule has 3 heteroatoms. The first-order chi connectivity index (χ1) is 5.89. The van der Waals surface area contributed by atoms with E-state index in [-0.39, 0.29) is 11.8 Å². The second-order valence-electron chi connectivity index (χ2n) is 4.48. The molecule has 0 aliphatic heterocycles. The third-order valence-corrected chi connectivity index (χ3v) is 3.37. The Bertz CT molecular complexity index is 212. The molecule has 1 fully saturated rings. The normalized spacial score (nSPS) is 39.8. The molecule has 1 saturated carbocycles. The minimum atomic E-state index is -0.995. The molecule has 2 N–H and O–H groups in total. The topological polar surface area (TPSA) is 57.5 Å². The van der Waals surface area contributed by atoms with Crippen molar-refractivity contribution in [2.75, 3.05) is 0 Å². The zero-order chi connectivity index (χ0) is 10.2. The lowest BCUT2D eigenvalue weighted by Gasteiger charge is -2.32. The molecule has 0 spiro atoms. The van der Waals surface area contributed by atoms with E-state index in [2.05, 4.69) is 0 Å². The van der Waals surface area contributed by atoms with E-state index < -0.39 is 17.5 Å². The van der Waals surface area contributed by atoms with Gasteiger partial charge in [-0.25, -0.2) is 0 Å². The van der Waals surface area contributed by atoms with Gasteiger partial charge in [0.2, 0.25) is 0 Å². The van der Waals surface area contributed by atoms with Gasteiger partial charge in [-0.15, -0.1) is 0 Å². The van der Waals surface area contributed by atoms with E-state index >= 15 is 0 Å². The second kappa shape index (κ2) is 3.29. The lowest BCUT2D eigenvalue weighted by molar-refractivity contribution is -0.155. The Labute approximate surface area is 78.8 Å². The maximum atomic E-state index is 11.0. The molecule has 0 aromatic rings. The van der Waals surface area contributed by atoms with Gasteiger partial charge >= 0.3 is 5.97 Å². The fourth-order valence-electron chi connectivity index (χ4n) is 2.38. The van der Waals surface area contributed by atoms with E-state index in [0.717, 1.165) is 6.42 Å². The zero-order valence-electron chi connectivity index (χ0n) is 8.45. The van der Waals surface area contributed by atoms with Gasteiger partial charge in [0.15, 0.2) is 0 Å². The molecule has 0 bridgehead atoms. The van der Waals surface area contributed by atoms with Crippen LogP contribution in [0.2, 0.25) is 0 Å². The van der Waals surface area contributed by atoms with Gasteiger partial charge in [0, 0.05) is 0 Å². The predicted molar refractivity (Wildman–Crippen MR) is 49.3 cm³/mol. The van der Waals surface area contributed by atoms with Crippen molar-refractivity contribution in [1.82, 2.24) is 0 Å². The molecular formula is C10H18O3. The molecule has 3 atom stereocenters. The highest BCUT2D eigenvalue weighted by Crippen LogP contribution is 2.44. The number of carbonyl (C=O) groups is 1. The third-order valence-electron chi connectivity index (χ3n) is 3.37. The van der Waals surface area contributed by atoms with Crippen molar-refractivity contribution in [1.29, 1.82) is 0 Å². The Hall–Kier alpha value is -0.570. The second-order valence-corrected chi connectivity index (χ2v) is 4.48. The Morgan fingerprint density at radius 3 is 2.38 bits per heavy atom. The minimum absolute atomic E-state index is 0.0125. The summed E-state index contributed by atoms with van der Waals surface area (Å²) in [7, 11) is 0. The van der Waals surface area contributed by atoms with Crippen LogP contribution < -0.4 is 0 Å². The van der Waals surface area contributed by atoms with Crippen molar-refractivity contribution >= 4 is 5.97 Å². The maximum Gasteiger partial charge on any atom is 0.309 e. The third kappa shape index (κ3) is 1.57. The lowest BCUT2D eigenvalue weighted by Crippen LogP contribution is -2.44. The smallest absolute Gasteiger partial charge is 0.309 e. The van der Waals surface area contributed by atoms with E-state index in [9.17, 15) is 9.90 Å². The number of carboxylic acid groups (broad SMARTS) is 1. The number of aliphatic hydroxyl groups is 1. The number of hydrogen-bond donors (Lipinski definition) is 2. The number of carboxylic acids is 1. The summed E-state index contributed by atoms with van der Waals surface area (Å²) < 4.78 is 0. The van der Waals surface area contributed by atoms with Crippen molar-refractivity contribution in [3.05, 3.63) is 0 Å². The SMILES string of the molecule is CC(C)[C@]1(O)CC[C@@H](C)[C@@H]1C(=O)O. The summed E-state index contributed by atoms with van der Waals surface area (Å²) in [6.07, 6.45) is 1.43. The van der Waals surface area contributed by atoms with Gasteiger partial charge in [-0.05, 0) is 24.7 Å². The van der Waals surface area contributed by atoms with Crippen LogP contribution in [0.3, 0.4) is 0 Å². The van der Waals surface area contributed by atoms with Crippen LogP contribution in [0.15, 0.2) is 0 Å². The molecule has 1 aliphatic rings. The Morgan fingerprint density at radius 1 is 1.54 bits per heavy atom. The van der Waals surface area contributed by atoms with Crippen molar-refractivity contribution in [3.63, 3.8) is 0 Å². The average Bonchev–Trinajstić information content (AvgIpc) is 2.28. The van der Waals surface area contributed by atoms with Crippen molar-refractivity contribution < 1.29 is 15.0 Å². The summed E-state index contributed by atoms with van der Waals surface area (Å²) >= 11 is 0. The van der Waals surface area contributed by atoms with Crippen molar-refractivity contribution in [2.45, 2.75) is 39.2 Å². The molecule has 3 nitrogen and oxygen atoms in total. The molecule has 0 radical (unpaired) electrons. The van der Waals surface area contributed by atoms with Crippen LogP contribution in [0.5, 0.6) is 0 Å². The van der Waals surface area contributed by atoms with Gasteiger partial charge in [-0.2, -0.15) is 0 Å². The van der Waals surface area contributed by atoms with Crippen molar-refractivity contribution in [3.8, 4) is 0 Å². The first-order valence-corrected chi connectivity index (χ1v) is 4.84. The van der Waals surface area contributed by atoms with E-state index in [4.69, 9.17) is 5.11 Å². The predicted octanol–water partition coefficient (Wildman–Crippen LogP) is 1.50. The van der Waals surface area contributed by atoms with Crippen LogP contribution in [0.25, 0.3) is 0 Å². The number of rotatable bonds is 2. The van der Waals surface area contributed by atoms with Crippen molar-refractivity contribution in [2.24, 2.45) is 17.8 Å². The molecular weight excluding hydrogens is 168 g/mol.